The molecule has 3 nitrogen and oxygen atoms in total. The summed E-state index contributed by atoms with van der Waals surface area (Å²) in [5, 5.41) is 1.10. The van der Waals surface area contributed by atoms with Crippen molar-refractivity contribution in [3.63, 3.8) is 0 Å². The minimum absolute atomic E-state index is 0.292. The van der Waals surface area contributed by atoms with Gasteiger partial charge in [-0.15, -0.1) is 0 Å². The molecular weight excluding hydrogens is 332 g/mol. The van der Waals surface area contributed by atoms with Gasteiger partial charge in [-0.25, -0.2) is 0 Å². The van der Waals surface area contributed by atoms with Gasteiger partial charge in [0.25, 0.3) is 0 Å². The van der Waals surface area contributed by atoms with E-state index in [0.29, 0.717) is 12.3 Å². The van der Waals surface area contributed by atoms with E-state index < -0.39 is 0 Å². The lowest BCUT2D eigenvalue weighted by atomic mass is 9.90. The summed E-state index contributed by atoms with van der Waals surface area (Å²) in [6, 6.07) is 19.0. The average Bonchev–Trinajstić information content (AvgIpc) is 2.95. The molecule has 0 atom stereocenters. The fourth-order valence-corrected chi connectivity index (χ4v) is 4.60. The molecule has 1 aliphatic heterocycles. The first-order valence-electron chi connectivity index (χ1n) is 10.1. The van der Waals surface area contributed by atoms with Crippen LogP contribution < -0.4 is 4.90 Å². The summed E-state index contributed by atoms with van der Waals surface area (Å²) in [7, 11) is 2.05. The quantitative estimate of drug-likeness (QED) is 0.694. The second-order valence-corrected chi connectivity index (χ2v) is 8.02. The van der Waals surface area contributed by atoms with Crippen molar-refractivity contribution in [3.8, 4) is 0 Å². The number of aryl methyl sites for hydroxylation is 1. The predicted octanol–water partition coefficient (Wildman–Crippen LogP) is 3.21. The molecule has 1 aliphatic rings. The summed E-state index contributed by atoms with van der Waals surface area (Å²) in [5.74, 6) is 1.05. The van der Waals surface area contributed by atoms with Crippen LogP contribution in [-0.4, -0.2) is 30.0 Å². The molecule has 4 rings (SSSR count). The first-order chi connectivity index (χ1) is 13.1. The molecule has 3 heteroatoms. The Balaban J connectivity index is 1.40. The van der Waals surface area contributed by atoms with Crippen LogP contribution in [-0.2, 0) is 13.5 Å². The molecule has 2 aromatic carbocycles. The zero-order valence-electron chi connectivity index (χ0n) is 16.4. The zero-order valence-corrected chi connectivity index (χ0v) is 16.4. The number of ketones is 1. The number of benzene rings is 2. The number of rotatable bonds is 5. The minimum Gasteiger partial charge on any atom is -0.347 e. The highest BCUT2D eigenvalue weighted by Crippen LogP contribution is 2.25. The molecule has 27 heavy (non-hydrogen) atoms. The summed E-state index contributed by atoms with van der Waals surface area (Å²) in [6.07, 6.45) is 3.60. The van der Waals surface area contributed by atoms with Gasteiger partial charge >= 0.3 is 0 Å². The smallest absolute Gasteiger partial charge is 0.219 e. The van der Waals surface area contributed by atoms with Gasteiger partial charge in [0.05, 0.1) is 18.7 Å². The summed E-state index contributed by atoms with van der Waals surface area (Å²) >= 11 is 0. The van der Waals surface area contributed by atoms with Gasteiger partial charge < -0.3 is 9.47 Å². The summed E-state index contributed by atoms with van der Waals surface area (Å²) in [4.78, 5) is 14.5. The Bertz CT molecular complexity index is 934. The fraction of sp³-hybridized carbons (Fsp3) is 0.375. The molecule has 0 unspecified atom stereocenters. The molecule has 140 valence electrons. The van der Waals surface area contributed by atoms with Crippen molar-refractivity contribution < 1.29 is 9.69 Å². The number of hydrogen-bond acceptors (Lipinski definition) is 1. The molecule has 1 aromatic heterocycles. The number of quaternary nitrogens is 1. The SMILES string of the molecule is Cc1c(C(=O)C[NH+]2CCC(Cc3ccccc3)CC2)c2ccccc2n1C. The molecule has 0 bridgehead atoms. The Morgan fingerprint density at radius 2 is 1.70 bits per heavy atom. The molecular formula is C24H29N2O+. The van der Waals surface area contributed by atoms with Crippen molar-refractivity contribution in [2.75, 3.05) is 19.6 Å². The number of carbonyl (C=O) groups excluding carboxylic acids is 1. The van der Waals surface area contributed by atoms with Crippen LogP contribution in [0, 0.1) is 12.8 Å². The van der Waals surface area contributed by atoms with E-state index in [4.69, 9.17) is 0 Å². The lowest BCUT2D eigenvalue weighted by molar-refractivity contribution is -0.897. The Hall–Kier alpha value is -2.39. The van der Waals surface area contributed by atoms with Crippen molar-refractivity contribution in [1.29, 1.82) is 0 Å². The van der Waals surface area contributed by atoms with Crippen LogP contribution in [0.5, 0.6) is 0 Å². The van der Waals surface area contributed by atoms with Crippen LogP contribution in [0.1, 0.15) is 34.5 Å². The number of fused-ring (bicyclic) bond motifs is 1. The normalized spacial score (nSPS) is 20.1. The molecule has 2 heterocycles. The van der Waals surface area contributed by atoms with Gasteiger partial charge in [-0.2, -0.15) is 0 Å². The molecule has 1 saturated heterocycles. The average molecular weight is 362 g/mol. The largest absolute Gasteiger partial charge is 0.347 e. The second kappa shape index (κ2) is 7.69. The third-order valence-corrected chi connectivity index (χ3v) is 6.27. The number of para-hydroxylation sites is 1. The van der Waals surface area contributed by atoms with Gasteiger partial charge in [0.2, 0.25) is 5.78 Å². The number of piperidine rings is 1. The van der Waals surface area contributed by atoms with E-state index in [9.17, 15) is 4.79 Å². The molecule has 3 aromatic rings. The van der Waals surface area contributed by atoms with Crippen molar-refractivity contribution in [2.24, 2.45) is 13.0 Å². The van der Waals surface area contributed by atoms with Crippen LogP contribution in [0.25, 0.3) is 10.9 Å². The van der Waals surface area contributed by atoms with Gasteiger partial charge in [-0.1, -0.05) is 48.5 Å². The summed E-state index contributed by atoms with van der Waals surface area (Å²) in [5.41, 5.74) is 4.59. The maximum Gasteiger partial charge on any atom is 0.219 e. The Morgan fingerprint density at radius 3 is 2.44 bits per heavy atom. The van der Waals surface area contributed by atoms with Crippen molar-refractivity contribution in [2.45, 2.75) is 26.2 Å². The highest BCUT2D eigenvalue weighted by molar-refractivity contribution is 6.09. The molecule has 0 radical (unpaired) electrons. The van der Waals surface area contributed by atoms with E-state index in [1.54, 1.807) is 0 Å². The van der Waals surface area contributed by atoms with Crippen molar-refractivity contribution in [3.05, 3.63) is 71.4 Å². The van der Waals surface area contributed by atoms with Crippen LogP contribution in [0.15, 0.2) is 54.6 Å². The molecule has 1 N–H and O–H groups in total. The Kier molecular flexibility index (Phi) is 5.13. The maximum atomic E-state index is 13.1. The topological polar surface area (TPSA) is 26.4 Å². The molecule has 0 amide bonds. The molecule has 0 aliphatic carbocycles. The van der Waals surface area contributed by atoms with E-state index in [0.717, 1.165) is 41.2 Å². The predicted molar refractivity (Wildman–Crippen MR) is 110 cm³/mol. The number of Topliss-reactive ketones (excluding diaryl/α,β-unsaturated/α-hetero) is 1. The molecule has 1 fully saturated rings. The summed E-state index contributed by atoms with van der Waals surface area (Å²) < 4.78 is 2.14. The van der Waals surface area contributed by atoms with E-state index in [-0.39, 0.29) is 0 Å². The highest BCUT2D eigenvalue weighted by atomic mass is 16.1. The number of carbonyl (C=O) groups is 1. The number of nitrogens with one attached hydrogen (secondary N) is 1. The van der Waals surface area contributed by atoms with Crippen LogP contribution >= 0.6 is 0 Å². The van der Waals surface area contributed by atoms with Crippen LogP contribution in [0.3, 0.4) is 0 Å². The second-order valence-electron chi connectivity index (χ2n) is 8.02. The Labute approximate surface area is 161 Å². The Morgan fingerprint density at radius 1 is 1.04 bits per heavy atom. The lowest BCUT2D eigenvalue weighted by Crippen LogP contribution is -3.14. The van der Waals surface area contributed by atoms with Crippen molar-refractivity contribution >= 4 is 16.7 Å². The van der Waals surface area contributed by atoms with E-state index in [2.05, 4.69) is 61.0 Å². The van der Waals surface area contributed by atoms with E-state index in [1.165, 1.54) is 29.7 Å². The van der Waals surface area contributed by atoms with Gasteiger partial charge in [0.1, 0.15) is 6.54 Å². The van der Waals surface area contributed by atoms with Crippen LogP contribution in [0.4, 0.5) is 0 Å². The third-order valence-electron chi connectivity index (χ3n) is 6.27. The monoisotopic (exact) mass is 361 g/mol. The first-order valence-corrected chi connectivity index (χ1v) is 10.1. The molecule has 0 spiro atoms. The van der Waals surface area contributed by atoms with Gasteiger partial charge in [-0.3, -0.25) is 4.79 Å². The zero-order chi connectivity index (χ0) is 18.8. The maximum absolute atomic E-state index is 13.1. The van der Waals surface area contributed by atoms with E-state index >= 15 is 0 Å². The van der Waals surface area contributed by atoms with Gasteiger partial charge in [0.15, 0.2) is 0 Å². The summed E-state index contributed by atoms with van der Waals surface area (Å²) in [6.45, 7) is 4.89. The fourth-order valence-electron chi connectivity index (χ4n) is 4.60. The molecule has 0 saturated carbocycles. The minimum atomic E-state index is 0.292. The van der Waals surface area contributed by atoms with E-state index in [1.807, 2.05) is 12.1 Å². The van der Waals surface area contributed by atoms with Gasteiger partial charge in [-0.05, 0) is 43.7 Å². The third kappa shape index (κ3) is 3.70. The standard InChI is InChI=1S/C24H28N2O/c1-18-24(21-10-6-7-11-22(21)25(18)2)23(27)17-26-14-12-20(13-15-26)16-19-8-4-3-5-9-19/h3-11,20H,12-17H2,1-2H3/p+1. The van der Waals surface area contributed by atoms with Crippen molar-refractivity contribution in [1.82, 2.24) is 4.57 Å². The van der Waals surface area contributed by atoms with Gasteiger partial charge in [0, 0.05) is 23.6 Å². The first kappa shape index (κ1) is 18.0. The lowest BCUT2D eigenvalue weighted by Gasteiger charge is -2.29. The van der Waals surface area contributed by atoms with Crippen LogP contribution in [0.2, 0.25) is 0 Å². The number of aromatic nitrogens is 1. The highest BCUT2D eigenvalue weighted by Gasteiger charge is 2.26. The number of likely N-dealkylation sites (tertiary alicyclic amines) is 1. The number of nitrogens with zero attached hydrogens (tertiary/aromatic N) is 1. The number of hydrogen-bond donors (Lipinski definition) is 1.